The molecule has 0 fully saturated rings. The molecule has 7 heteroatoms. The Morgan fingerprint density at radius 2 is 2.30 bits per heavy atom. The molecular weight excluding hydrogens is 380 g/mol. The van der Waals surface area contributed by atoms with Gasteiger partial charge in [-0.05, 0) is 44.1 Å². The largest absolute Gasteiger partial charge is 0.479 e. The van der Waals surface area contributed by atoms with Gasteiger partial charge in [-0.2, -0.15) is 11.8 Å². The molecule has 2 rings (SSSR count). The van der Waals surface area contributed by atoms with Gasteiger partial charge in [0.05, 0.1) is 6.04 Å². The zero-order valence-electron chi connectivity index (χ0n) is 16.1. The van der Waals surface area contributed by atoms with Crippen LogP contribution in [-0.4, -0.2) is 52.1 Å². The molecule has 0 bridgehead atoms. The molecule has 4 N–H and O–H groups in total. The van der Waals surface area contributed by atoms with E-state index in [4.69, 9.17) is 5.73 Å². The van der Waals surface area contributed by atoms with Crippen molar-refractivity contribution in [3.63, 3.8) is 0 Å². The van der Waals surface area contributed by atoms with Crippen LogP contribution >= 0.6 is 23.1 Å². The predicted octanol–water partition coefficient (Wildman–Crippen LogP) is 3.58. The van der Waals surface area contributed by atoms with Gasteiger partial charge in [-0.1, -0.05) is 19.4 Å². The van der Waals surface area contributed by atoms with Crippen LogP contribution in [0.2, 0.25) is 0 Å². The minimum absolute atomic E-state index is 0.0746. The Bertz CT molecular complexity index is 699. The summed E-state index contributed by atoms with van der Waals surface area (Å²) in [4.78, 5) is 18.9. The molecule has 0 aliphatic carbocycles. The van der Waals surface area contributed by atoms with Crippen molar-refractivity contribution in [3.8, 4) is 0 Å². The summed E-state index contributed by atoms with van der Waals surface area (Å²) in [5.41, 5.74) is 5.62. The number of aliphatic imine (C=N–C) groups is 1. The fraction of sp³-hybridized carbons (Fsp3) is 0.600. The van der Waals surface area contributed by atoms with E-state index in [1.165, 1.54) is 16.6 Å². The highest BCUT2D eigenvalue weighted by molar-refractivity contribution is 7.98. The quantitative estimate of drug-likeness (QED) is 0.578. The number of unbranched alkanes of at least 4 members (excludes halogenated alkanes) is 1. The summed E-state index contributed by atoms with van der Waals surface area (Å²) in [7, 11) is 0. The first-order valence-electron chi connectivity index (χ1n) is 9.45. The average Bonchev–Trinajstić information content (AvgIpc) is 3.06. The summed E-state index contributed by atoms with van der Waals surface area (Å²) < 4.78 is 0. The highest BCUT2D eigenvalue weighted by atomic mass is 32.2. The zero-order valence-corrected chi connectivity index (χ0v) is 17.7. The van der Waals surface area contributed by atoms with Crippen molar-refractivity contribution < 1.29 is 15.0 Å². The van der Waals surface area contributed by atoms with Crippen LogP contribution in [0.25, 0.3) is 6.08 Å². The number of aliphatic carboxylic acids is 1. The van der Waals surface area contributed by atoms with Crippen molar-refractivity contribution in [2.24, 2.45) is 10.7 Å². The van der Waals surface area contributed by atoms with Crippen LogP contribution < -0.4 is 5.73 Å². The molecule has 150 valence electrons. The molecule has 0 spiro atoms. The lowest BCUT2D eigenvalue weighted by Gasteiger charge is -2.30. The second-order valence-electron chi connectivity index (χ2n) is 6.94. The molecule has 1 aromatic heterocycles. The first-order chi connectivity index (χ1) is 12.9. The molecule has 1 aliphatic rings. The number of thioether (sulfide) groups is 1. The van der Waals surface area contributed by atoms with Crippen LogP contribution in [-0.2, 0) is 11.2 Å². The lowest BCUT2D eigenvalue weighted by molar-refractivity contribution is -0.159. The number of carboxylic acid groups (broad SMARTS) is 1. The van der Waals surface area contributed by atoms with E-state index < -0.39 is 17.6 Å². The van der Waals surface area contributed by atoms with Gasteiger partial charge in [-0.15, -0.1) is 11.3 Å². The number of allylic oxidation sites excluding steroid dienone is 1. The highest BCUT2D eigenvalue weighted by Crippen LogP contribution is 2.30. The van der Waals surface area contributed by atoms with Gasteiger partial charge in [0, 0.05) is 39.7 Å². The number of hydrogen-bond acceptors (Lipinski definition) is 6. The fourth-order valence-electron chi connectivity index (χ4n) is 3.07. The Hall–Kier alpha value is -1.15. The van der Waals surface area contributed by atoms with Crippen molar-refractivity contribution in [1.29, 1.82) is 0 Å². The average molecular weight is 411 g/mol. The van der Waals surface area contributed by atoms with E-state index in [2.05, 4.69) is 30.1 Å². The molecule has 0 amide bonds. The van der Waals surface area contributed by atoms with Gasteiger partial charge < -0.3 is 15.9 Å². The van der Waals surface area contributed by atoms with Crippen LogP contribution in [0.1, 0.15) is 54.3 Å². The van der Waals surface area contributed by atoms with Crippen molar-refractivity contribution in [2.45, 2.75) is 57.1 Å². The number of carboxylic acids is 1. The number of rotatable bonds is 9. The van der Waals surface area contributed by atoms with E-state index in [1.807, 2.05) is 6.26 Å². The number of carbonyl (C=O) groups is 1. The topological polar surface area (TPSA) is 95.9 Å². The molecule has 2 heterocycles. The van der Waals surface area contributed by atoms with Crippen LogP contribution in [0.5, 0.6) is 0 Å². The van der Waals surface area contributed by atoms with E-state index in [1.54, 1.807) is 11.3 Å². The van der Waals surface area contributed by atoms with E-state index in [0.717, 1.165) is 42.5 Å². The first kappa shape index (κ1) is 22.1. The normalized spacial score (nSPS) is 19.0. The molecule has 2 atom stereocenters. The Balaban J connectivity index is 2.40. The second-order valence-corrected chi connectivity index (χ2v) is 9.01. The third-order valence-electron chi connectivity index (χ3n) is 4.77. The summed E-state index contributed by atoms with van der Waals surface area (Å²) in [5, 5.41) is 20.6. The summed E-state index contributed by atoms with van der Waals surface area (Å²) in [6.45, 7) is 2.79. The number of nitrogens with two attached hydrogens (primary N) is 1. The molecule has 0 aromatic carbocycles. The molecule has 0 saturated carbocycles. The van der Waals surface area contributed by atoms with Gasteiger partial charge in [-0.3, -0.25) is 4.99 Å². The van der Waals surface area contributed by atoms with E-state index in [-0.39, 0.29) is 6.42 Å². The van der Waals surface area contributed by atoms with E-state index in [9.17, 15) is 15.0 Å². The Morgan fingerprint density at radius 3 is 2.96 bits per heavy atom. The molecule has 5 nitrogen and oxygen atoms in total. The summed E-state index contributed by atoms with van der Waals surface area (Å²) >= 11 is 3.16. The molecule has 0 saturated heterocycles. The van der Waals surface area contributed by atoms with Crippen molar-refractivity contribution in [1.82, 2.24) is 0 Å². The third kappa shape index (κ3) is 5.67. The standard InChI is InChI=1S/C20H30N2O3S2/c1-3-4-8-14-11-15-16(22-10-7-5-6-9-17(15)27-14)12-20(25,19(23)24)18(21)13-26-2/h6,9,11,18,25H,3-5,7-8,10,12-13,21H2,1-2H3,(H,23,24)/b9-6-,22-16?/t18-,20+/m0/s1. The molecule has 1 aromatic rings. The fourth-order valence-corrected chi connectivity index (χ4v) is 4.86. The number of aliphatic hydroxyl groups is 1. The van der Waals surface area contributed by atoms with Crippen molar-refractivity contribution in [2.75, 3.05) is 18.6 Å². The van der Waals surface area contributed by atoms with Crippen LogP contribution in [0.4, 0.5) is 0 Å². The van der Waals surface area contributed by atoms with Crippen LogP contribution in [0.3, 0.4) is 0 Å². The summed E-state index contributed by atoms with van der Waals surface area (Å²) in [6, 6.07) is 1.25. The summed E-state index contributed by atoms with van der Waals surface area (Å²) in [6.07, 6.45) is 11.1. The third-order valence-corrected chi connectivity index (χ3v) is 6.62. The van der Waals surface area contributed by atoms with Gasteiger partial charge >= 0.3 is 5.97 Å². The van der Waals surface area contributed by atoms with E-state index in [0.29, 0.717) is 18.0 Å². The smallest absolute Gasteiger partial charge is 0.337 e. The SMILES string of the molecule is CCCCc1cc2c(s1)/C=C\CCCN=C2C[C@](O)(C(=O)O)[C@@H](N)CSC. The number of fused-ring (bicyclic) bond motifs is 1. The maximum absolute atomic E-state index is 11.9. The van der Waals surface area contributed by atoms with Crippen LogP contribution in [0, 0.1) is 0 Å². The monoisotopic (exact) mass is 410 g/mol. The lowest BCUT2D eigenvalue weighted by Crippen LogP contribution is -2.56. The Kier molecular flexibility index (Phi) is 8.54. The van der Waals surface area contributed by atoms with Crippen LogP contribution in [0.15, 0.2) is 17.1 Å². The maximum Gasteiger partial charge on any atom is 0.337 e. The van der Waals surface area contributed by atoms with Gasteiger partial charge in [-0.25, -0.2) is 4.79 Å². The number of aryl methyl sites for hydroxylation is 1. The second kappa shape index (κ2) is 10.4. The minimum Gasteiger partial charge on any atom is -0.479 e. The van der Waals surface area contributed by atoms with Crippen molar-refractivity contribution >= 4 is 40.9 Å². The number of nitrogens with zero attached hydrogens (tertiary/aromatic N) is 1. The zero-order chi connectivity index (χ0) is 19.9. The van der Waals surface area contributed by atoms with E-state index >= 15 is 0 Å². The predicted molar refractivity (Wildman–Crippen MR) is 116 cm³/mol. The highest BCUT2D eigenvalue weighted by Gasteiger charge is 2.43. The maximum atomic E-state index is 11.9. The Labute approximate surface area is 169 Å². The Morgan fingerprint density at radius 1 is 1.52 bits per heavy atom. The molecule has 0 radical (unpaired) electrons. The molecule has 27 heavy (non-hydrogen) atoms. The molecule has 0 unspecified atom stereocenters. The van der Waals surface area contributed by atoms with Gasteiger partial charge in [0.15, 0.2) is 5.60 Å². The molecular formula is C20H30N2O3S2. The lowest BCUT2D eigenvalue weighted by atomic mass is 9.87. The number of thiophene rings is 1. The van der Waals surface area contributed by atoms with Gasteiger partial charge in [0.1, 0.15) is 0 Å². The summed E-state index contributed by atoms with van der Waals surface area (Å²) in [5.74, 6) is -0.918. The van der Waals surface area contributed by atoms with Gasteiger partial charge in [0.25, 0.3) is 0 Å². The minimum atomic E-state index is -2.03. The van der Waals surface area contributed by atoms with Gasteiger partial charge in [0.2, 0.25) is 0 Å². The number of hydrogen-bond donors (Lipinski definition) is 3. The van der Waals surface area contributed by atoms with Crippen molar-refractivity contribution in [3.05, 3.63) is 27.5 Å². The first-order valence-corrected chi connectivity index (χ1v) is 11.7. The molecule has 1 aliphatic heterocycles.